The number of hydrogen-bond donors (Lipinski definition) is 1. The molecular weight excluding hydrogens is 270 g/mol. The Morgan fingerprint density at radius 2 is 1.86 bits per heavy atom. The molecule has 0 spiro atoms. The molecule has 1 heterocycles. The third kappa shape index (κ3) is 4.75. The molecule has 6 nitrogen and oxygen atoms in total. The van der Waals surface area contributed by atoms with Gasteiger partial charge in [-0.25, -0.2) is 0 Å². The zero-order valence-electron chi connectivity index (χ0n) is 12.6. The SMILES string of the molecule is CCOc1ccc(OCc2nc(CC(C)NC)no2)cc1. The van der Waals surface area contributed by atoms with Crippen molar-refractivity contribution in [2.75, 3.05) is 13.7 Å². The average Bonchev–Trinajstić information content (AvgIpc) is 2.94. The van der Waals surface area contributed by atoms with Crippen molar-refractivity contribution in [3.8, 4) is 11.5 Å². The van der Waals surface area contributed by atoms with E-state index in [1.807, 2.05) is 38.2 Å². The lowest BCUT2D eigenvalue weighted by atomic mass is 10.2. The van der Waals surface area contributed by atoms with Gasteiger partial charge in [-0.05, 0) is 45.2 Å². The van der Waals surface area contributed by atoms with E-state index >= 15 is 0 Å². The van der Waals surface area contributed by atoms with E-state index in [1.54, 1.807) is 0 Å². The number of nitrogens with one attached hydrogen (secondary N) is 1. The number of aromatic nitrogens is 2. The molecule has 1 aromatic carbocycles. The van der Waals surface area contributed by atoms with Crippen LogP contribution in [0.5, 0.6) is 11.5 Å². The van der Waals surface area contributed by atoms with Crippen LogP contribution in [0, 0.1) is 0 Å². The highest BCUT2D eigenvalue weighted by Crippen LogP contribution is 2.18. The van der Waals surface area contributed by atoms with Gasteiger partial charge < -0.3 is 19.3 Å². The summed E-state index contributed by atoms with van der Waals surface area (Å²) in [6, 6.07) is 7.75. The van der Waals surface area contributed by atoms with Gasteiger partial charge in [0.05, 0.1) is 6.61 Å². The van der Waals surface area contributed by atoms with Crippen LogP contribution < -0.4 is 14.8 Å². The molecule has 0 aliphatic heterocycles. The van der Waals surface area contributed by atoms with Gasteiger partial charge in [0, 0.05) is 12.5 Å². The smallest absolute Gasteiger partial charge is 0.264 e. The van der Waals surface area contributed by atoms with Crippen LogP contribution in [0.15, 0.2) is 28.8 Å². The van der Waals surface area contributed by atoms with Crippen molar-refractivity contribution in [3.63, 3.8) is 0 Å². The zero-order valence-corrected chi connectivity index (χ0v) is 12.6. The molecule has 21 heavy (non-hydrogen) atoms. The fraction of sp³-hybridized carbons (Fsp3) is 0.467. The van der Waals surface area contributed by atoms with Gasteiger partial charge in [-0.2, -0.15) is 4.98 Å². The quantitative estimate of drug-likeness (QED) is 0.804. The Kier molecular flexibility index (Phi) is 5.57. The third-order valence-corrected chi connectivity index (χ3v) is 2.99. The van der Waals surface area contributed by atoms with Crippen LogP contribution in [0.2, 0.25) is 0 Å². The molecule has 0 aliphatic carbocycles. The van der Waals surface area contributed by atoms with Crippen molar-refractivity contribution in [2.45, 2.75) is 32.9 Å². The molecule has 1 unspecified atom stereocenters. The monoisotopic (exact) mass is 291 g/mol. The number of rotatable bonds is 8. The van der Waals surface area contributed by atoms with Gasteiger partial charge in [0.15, 0.2) is 12.4 Å². The Bertz CT molecular complexity index is 539. The average molecular weight is 291 g/mol. The van der Waals surface area contributed by atoms with E-state index in [-0.39, 0.29) is 6.61 Å². The normalized spacial score (nSPS) is 12.1. The first kappa shape index (κ1) is 15.3. The Labute approximate surface area is 124 Å². The maximum Gasteiger partial charge on any atom is 0.264 e. The van der Waals surface area contributed by atoms with Crippen molar-refractivity contribution in [1.29, 1.82) is 0 Å². The summed E-state index contributed by atoms with van der Waals surface area (Å²) in [5.74, 6) is 2.72. The van der Waals surface area contributed by atoms with Gasteiger partial charge in [0.1, 0.15) is 11.5 Å². The van der Waals surface area contributed by atoms with Crippen molar-refractivity contribution >= 4 is 0 Å². The molecule has 0 saturated heterocycles. The fourth-order valence-corrected chi connectivity index (χ4v) is 1.75. The molecule has 0 fully saturated rings. The Hall–Kier alpha value is -2.08. The van der Waals surface area contributed by atoms with Crippen molar-refractivity contribution in [3.05, 3.63) is 36.0 Å². The van der Waals surface area contributed by atoms with Crippen molar-refractivity contribution in [1.82, 2.24) is 15.5 Å². The lowest BCUT2D eigenvalue weighted by Crippen LogP contribution is -2.24. The summed E-state index contributed by atoms with van der Waals surface area (Å²) in [4.78, 5) is 4.29. The van der Waals surface area contributed by atoms with E-state index in [1.165, 1.54) is 0 Å². The minimum absolute atomic E-state index is 0.259. The molecule has 114 valence electrons. The van der Waals surface area contributed by atoms with Crippen molar-refractivity contribution in [2.24, 2.45) is 0 Å². The minimum Gasteiger partial charge on any atom is -0.494 e. The molecule has 6 heteroatoms. The van der Waals surface area contributed by atoms with E-state index in [4.69, 9.17) is 14.0 Å². The van der Waals surface area contributed by atoms with E-state index in [9.17, 15) is 0 Å². The topological polar surface area (TPSA) is 69.4 Å². The summed E-state index contributed by atoms with van der Waals surface area (Å²) in [6.45, 7) is 4.92. The van der Waals surface area contributed by atoms with Crippen LogP contribution in [-0.2, 0) is 13.0 Å². The molecular formula is C15H21N3O3. The predicted octanol–water partition coefficient (Wildman–Crippen LogP) is 2.20. The molecule has 0 amide bonds. The first-order valence-corrected chi connectivity index (χ1v) is 7.05. The lowest BCUT2D eigenvalue weighted by molar-refractivity contribution is 0.242. The molecule has 0 aliphatic rings. The van der Waals surface area contributed by atoms with Crippen LogP contribution in [0.25, 0.3) is 0 Å². The highest BCUT2D eigenvalue weighted by Gasteiger charge is 2.09. The summed E-state index contributed by atoms with van der Waals surface area (Å²) in [5, 5.41) is 7.06. The standard InChI is InChI=1S/C15H21N3O3/c1-4-19-12-5-7-13(8-6-12)20-10-15-17-14(18-21-15)9-11(2)16-3/h5-8,11,16H,4,9-10H2,1-3H3. The highest BCUT2D eigenvalue weighted by molar-refractivity contribution is 5.31. The second-order valence-electron chi connectivity index (χ2n) is 4.69. The second kappa shape index (κ2) is 7.64. The Balaban J connectivity index is 1.85. The van der Waals surface area contributed by atoms with Gasteiger partial charge in [-0.1, -0.05) is 5.16 Å². The summed E-state index contributed by atoms with van der Waals surface area (Å²) in [7, 11) is 1.90. The Morgan fingerprint density at radius 1 is 1.19 bits per heavy atom. The molecule has 0 saturated carbocycles. The summed E-state index contributed by atoms with van der Waals surface area (Å²) < 4.78 is 16.1. The minimum atomic E-state index is 0.259. The number of hydrogen-bond acceptors (Lipinski definition) is 6. The van der Waals surface area contributed by atoms with Gasteiger partial charge in [0.2, 0.25) is 0 Å². The summed E-state index contributed by atoms with van der Waals surface area (Å²) in [5.41, 5.74) is 0. The van der Waals surface area contributed by atoms with Crippen LogP contribution in [0.1, 0.15) is 25.6 Å². The molecule has 1 aromatic heterocycles. The molecule has 2 aromatic rings. The van der Waals surface area contributed by atoms with E-state index in [0.717, 1.165) is 17.9 Å². The number of nitrogens with zero attached hydrogens (tertiary/aromatic N) is 2. The van der Waals surface area contributed by atoms with Gasteiger partial charge >= 0.3 is 0 Å². The largest absolute Gasteiger partial charge is 0.494 e. The van der Waals surface area contributed by atoms with Gasteiger partial charge in [-0.15, -0.1) is 0 Å². The van der Waals surface area contributed by atoms with Crippen LogP contribution in [-0.4, -0.2) is 29.8 Å². The highest BCUT2D eigenvalue weighted by atomic mass is 16.5. The maximum absolute atomic E-state index is 5.60. The van der Waals surface area contributed by atoms with Crippen LogP contribution >= 0.6 is 0 Å². The lowest BCUT2D eigenvalue weighted by Gasteiger charge is -2.05. The van der Waals surface area contributed by atoms with Crippen LogP contribution in [0.4, 0.5) is 0 Å². The predicted molar refractivity (Wildman–Crippen MR) is 78.5 cm³/mol. The van der Waals surface area contributed by atoms with Gasteiger partial charge in [0.25, 0.3) is 5.89 Å². The third-order valence-electron chi connectivity index (χ3n) is 2.99. The van der Waals surface area contributed by atoms with Gasteiger partial charge in [-0.3, -0.25) is 0 Å². The van der Waals surface area contributed by atoms with E-state index in [2.05, 4.69) is 22.4 Å². The molecule has 2 rings (SSSR count). The zero-order chi connectivity index (χ0) is 15.1. The number of ether oxygens (including phenoxy) is 2. The van der Waals surface area contributed by atoms with E-state index < -0.39 is 0 Å². The number of benzene rings is 1. The first-order chi connectivity index (χ1) is 10.2. The van der Waals surface area contributed by atoms with Crippen molar-refractivity contribution < 1.29 is 14.0 Å². The molecule has 0 bridgehead atoms. The molecule has 0 radical (unpaired) electrons. The molecule has 1 N–H and O–H groups in total. The fourth-order valence-electron chi connectivity index (χ4n) is 1.75. The first-order valence-electron chi connectivity index (χ1n) is 7.05. The van der Waals surface area contributed by atoms with E-state index in [0.29, 0.717) is 24.4 Å². The maximum atomic E-state index is 5.60. The second-order valence-corrected chi connectivity index (χ2v) is 4.69. The number of likely N-dealkylation sites (N-methyl/N-ethyl adjacent to an activating group) is 1. The van der Waals surface area contributed by atoms with Crippen LogP contribution in [0.3, 0.4) is 0 Å². The summed E-state index contributed by atoms with van der Waals surface area (Å²) in [6.07, 6.45) is 0.725. The molecule has 1 atom stereocenters. The Morgan fingerprint density at radius 3 is 2.48 bits per heavy atom. The summed E-state index contributed by atoms with van der Waals surface area (Å²) >= 11 is 0.